The second kappa shape index (κ2) is 9.32. The van der Waals surface area contributed by atoms with E-state index >= 15 is 0 Å². The number of ether oxygens (including phenoxy) is 1. The lowest BCUT2D eigenvalue weighted by molar-refractivity contribution is -0.138. The number of aromatic nitrogens is 2. The minimum absolute atomic E-state index is 0.0132. The van der Waals surface area contributed by atoms with Gasteiger partial charge in [-0.2, -0.15) is 5.10 Å². The van der Waals surface area contributed by atoms with E-state index in [9.17, 15) is 9.59 Å². The molecule has 7 heteroatoms. The Bertz CT molecular complexity index is 760. The van der Waals surface area contributed by atoms with Crippen LogP contribution in [0.2, 0.25) is 0 Å². The van der Waals surface area contributed by atoms with Crippen molar-refractivity contribution in [3.63, 3.8) is 0 Å². The summed E-state index contributed by atoms with van der Waals surface area (Å²) >= 11 is 0. The summed E-state index contributed by atoms with van der Waals surface area (Å²) < 4.78 is 6.90. The monoisotopic (exact) mass is 370 g/mol. The van der Waals surface area contributed by atoms with Crippen LogP contribution in [0.15, 0.2) is 42.7 Å². The molecule has 1 fully saturated rings. The number of piperidine rings is 1. The molecule has 0 radical (unpaired) electrons. The molecule has 27 heavy (non-hydrogen) atoms. The minimum Gasteiger partial charge on any atom is -0.383 e. The highest BCUT2D eigenvalue weighted by Crippen LogP contribution is 2.18. The van der Waals surface area contributed by atoms with Crippen LogP contribution in [-0.2, 0) is 27.4 Å². The maximum absolute atomic E-state index is 12.5. The smallest absolute Gasteiger partial charge is 0.225 e. The van der Waals surface area contributed by atoms with Crippen LogP contribution in [0, 0.1) is 5.92 Å². The van der Waals surface area contributed by atoms with Crippen LogP contribution in [0.1, 0.15) is 24.0 Å². The zero-order valence-electron chi connectivity index (χ0n) is 15.6. The van der Waals surface area contributed by atoms with Gasteiger partial charge in [0.15, 0.2) is 0 Å². The van der Waals surface area contributed by atoms with Crippen LogP contribution in [-0.4, -0.2) is 53.3 Å². The number of likely N-dealkylation sites (tertiary alicyclic amines) is 1. The second-order valence-corrected chi connectivity index (χ2v) is 6.82. The van der Waals surface area contributed by atoms with E-state index in [0.29, 0.717) is 45.6 Å². The molecule has 1 N–H and O–H groups in total. The van der Waals surface area contributed by atoms with Crippen LogP contribution in [0.4, 0.5) is 0 Å². The van der Waals surface area contributed by atoms with Gasteiger partial charge in [0.25, 0.3) is 0 Å². The number of carbonyl (C=O) groups excluding carboxylic acids is 2. The lowest BCUT2D eigenvalue weighted by Crippen LogP contribution is -2.46. The average molecular weight is 370 g/mol. The zero-order chi connectivity index (χ0) is 19.1. The summed E-state index contributed by atoms with van der Waals surface area (Å²) in [5, 5.41) is 7.33. The van der Waals surface area contributed by atoms with E-state index in [-0.39, 0.29) is 17.7 Å². The van der Waals surface area contributed by atoms with Crippen LogP contribution in [0.3, 0.4) is 0 Å². The largest absolute Gasteiger partial charge is 0.383 e. The first kappa shape index (κ1) is 19.1. The molecular weight excluding hydrogens is 344 g/mol. The number of benzene rings is 1. The summed E-state index contributed by atoms with van der Waals surface area (Å²) in [6.07, 6.45) is 4.74. The van der Waals surface area contributed by atoms with Crippen LogP contribution >= 0.6 is 0 Å². The molecule has 2 aromatic rings. The number of nitrogens with zero attached hydrogens (tertiary/aromatic N) is 3. The van der Waals surface area contributed by atoms with Crippen molar-refractivity contribution in [2.45, 2.75) is 25.9 Å². The van der Waals surface area contributed by atoms with E-state index in [2.05, 4.69) is 22.5 Å². The first-order chi connectivity index (χ1) is 13.2. The van der Waals surface area contributed by atoms with Gasteiger partial charge in [0.05, 0.1) is 25.3 Å². The average Bonchev–Trinajstić information content (AvgIpc) is 3.13. The molecular formula is C20H26N4O3. The van der Waals surface area contributed by atoms with Gasteiger partial charge < -0.3 is 15.0 Å². The summed E-state index contributed by atoms with van der Waals surface area (Å²) in [6.45, 7) is 2.62. The number of methoxy groups -OCH3 is 1. The van der Waals surface area contributed by atoms with Crippen molar-refractivity contribution in [1.82, 2.24) is 20.0 Å². The predicted molar refractivity (Wildman–Crippen MR) is 101 cm³/mol. The number of hydrogen-bond acceptors (Lipinski definition) is 4. The number of hydrogen-bond donors (Lipinski definition) is 1. The van der Waals surface area contributed by atoms with Gasteiger partial charge in [0.2, 0.25) is 11.8 Å². The zero-order valence-corrected chi connectivity index (χ0v) is 15.6. The molecule has 0 spiro atoms. The van der Waals surface area contributed by atoms with E-state index in [1.54, 1.807) is 18.2 Å². The number of rotatable bonds is 8. The van der Waals surface area contributed by atoms with Gasteiger partial charge >= 0.3 is 0 Å². The Kier molecular flexibility index (Phi) is 6.59. The molecule has 2 amide bonds. The van der Waals surface area contributed by atoms with E-state index in [1.807, 2.05) is 29.1 Å². The van der Waals surface area contributed by atoms with Crippen LogP contribution in [0.5, 0.6) is 0 Å². The molecule has 1 aliphatic rings. The number of carbonyl (C=O) groups is 2. The van der Waals surface area contributed by atoms with Gasteiger partial charge in [-0.3, -0.25) is 14.3 Å². The molecule has 1 atom stereocenters. The fraction of sp³-hybridized carbons (Fsp3) is 0.450. The molecule has 1 aromatic carbocycles. The maximum atomic E-state index is 12.5. The molecule has 0 aliphatic carbocycles. The SMILES string of the molecule is COCCN1CC(C(=O)NCc2cnn(Cc3ccccc3)c2)CCC1=O. The normalized spacial score (nSPS) is 17.1. The molecule has 3 rings (SSSR count). The maximum Gasteiger partial charge on any atom is 0.225 e. The minimum atomic E-state index is -0.168. The highest BCUT2D eigenvalue weighted by molar-refractivity contribution is 5.83. The van der Waals surface area contributed by atoms with Crippen molar-refractivity contribution in [2.75, 3.05) is 26.8 Å². The third-order valence-electron chi connectivity index (χ3n) is 4.78. The van der Waals surface area contributed by atoms with Gasteiger partial charge in [-0.25, -0.2) is 0 Å². The van der Waals surface area contributed by atoms with Crippen LogP contribution < -0.4 is 5.32 Å². The predicted octanol–water partition coefficient (Wildman–Crippen LogP) is 1.43. The fourth-order valence-electron chi connectivity index (χ4n) is 3.23. The first-order valence-corrected chi connectivity index (χ1v) is 9.25. The lowest BCUT2D eigenvalue weighted by atomic mass is 9.96. The van der Waals surface area contributed by atoms with Gasteiger partial charge in [-0.05, 0) is 12.0 Å². The van der Waals surface area contributed by atoms with E-state index in [4.69, 9.17) is 4.74 Å². The molecule has 144 valence electrons. The third-order valence-corrected chi connectivity index (χ3v) is 4.78. The summed E-state index contributed by atoms with van der Waals surface area (Å²) in [4.78, 5) is 26.1. The third kappa shape index (κ3) is 5.40. The van der Waals surface area contributed by atoms with Gasteiger partial charge in [-0.1, -0.05) is 30.3 Å². The Morgan fingerprint density at radius 3 is 2.89 bits per heavy atom. The Balaban J connectivity index is 1.48. The molecule has 1 unspecified atom stereocenters. The van der Waals surface area contributed by atoms with Crippen molar-refractivity contribution in [1.29, 1.82) is 0 Å². The summed E-state index contributed by atoms with van der Waals surface area (Å²) in [7, 11) is 1.61. The van der Waals surface area contributed by atoms with E-state index < -0.39 is 0 Å². The molecule has 0 saturated carbocycles. The standard InChI is InChI=1S/C20H26N4O3/c1-27-10-9-23-15-18(7-8-19(23)25)20(26)21-11-17-12-22-24(14-17)13-16-5-3-2-4-6-16/h2-6,12,14,18H,7-11,13,15H2,1H3,(H,21,26). The Morgan fingerprint density at radius 1 is 1.30 bits per heavy atom. The number of amides is 2. The fourth-order valence-corrected chi connectivity index (χ4v) is 3.23. The molecule has 0 bridgehead atoms. The Hall–Kier alpha value is -2.67. The van der Waals surface area contributed by atoms with Gasteiger partial charge in [0.1, 0.15) is 0 Å². The summed E-state index contributed by atoms with van der Waals surface area (Å²) in [5.74, 6) is -0.0852. The Labute approximate surface area is 159 Å². The molecule has 1 aliphatic heterocycles. The Morgan fingerprint density at radius 2 is 2.11 bits per heavy atom. The van der Waals surface area contributed by atoms with Crippen molar-refractivity contribution in [3.8, 4) is 0 Å². The highest BCUT2D eigenvalue weighted by atomic mass is 16.5. The first-order valence-electron chi connectivity index (χ1n) is 9.25. The molecule has 1 saturated heterocycles. The summed E-state index contributed by atoms with van der Waals surface area (Å²) in [5.41, 5.74) is 2.14. The molecule has 2 heterocycles. The van der Waals surface area contributed by atoms with Crippen molar-refractivity contribution in [3.05, 3.63) is 53.9 Å². The molecule has 7 nitrogen and oxygen atoms in total. The second-order valence-electron chi connectivity index (χ2n) is 6.82. The summed E-state index contributed by atoms with van der Waals surface area (Å²) in [6, 6.07) is 10.1. The van der Waals surface area contributed by atoms with E-state index in [0.717, 1.165) is 5.56 Å². The van der Waals surface area contributed by atoms with Crippen molar-refractivity contribution >= 4 is 11.8 Å². The quantitative estimate of drug-likeness (QED) is 0.763. The van der Waals surface area contributed by atoms with Crippen molar-refractivity contribution in [2.24, 2.45) is 5.92 Å². The van der Waals surface area contributed by atoms with Gasteiger partial charge in [0, 0.05) is 44.9 Å². The lowest BCUT2D eigenvalue weighted by Gasteiger charge is -2.31. The number of nitrogens with one attached hydrogen (secondary N) is 1. The van der Waals surface area contributed by atoms with Gasteiger partial charge in [-0.15, -0.1) is 0 Å². The highest BCUT2D eigenvalue weighted by Gasteiger charge is 2.29. The topological polar surface area (TPSA) is 76.5 Å². The van der Waals surface area contributed by atoms with Crippen LogP contribution in [0.25, 0.3) is 0 Å². The van der Waals surface area contributed by atoms with Crippen molar-refractivity contribution < 1.29 is 14.3 Å². The molecule has 1 aromatic heterocycles. The van der Waals surface area contributed by atoms with E-state index in [1.165, 1.54) is 5.56 Å².